The number of ether oxygens (including phenoxy) is 1. The fourth-order valence-electron chi connectivity index (χ4n) is 2.59. The van der Waals surface area contributed by atoms with Gasteiger partial charge in [0.05, 0.1) is 0 Å². The van der Waals surface area contributed by atoms with E-state index in [-0.39, 0.29) is 18.2 Å². The van der Waals surface area contributed by atoms with Crippen molar-refractivity contribution in [2.75, 3.05) is 19.7 Å². The van der Waals surface area contributed by atoms with E-state index in [1.54, 1.807) is 0 Å². The van der Waals surface area contributed by atoms with Gasteiger partial charge in [-0.05, 0) is 32.4 Å². The molecule has 1 aliphatic heterocycles. The Labute approximate surface area is 115 Å². The van der Waals surface area contributed by atoms with Gasteiger partial charge in [0.15, 0.2) is 0 Å². The second-order valence-electron chi connectivity index (χ2n) is 5.69. The summed E-state index contributed by atoms with van der Waals surface area (Å²) >= 11 is 0. The molecule has 4 nitrogen and oxygen atoms in total. The van der Waals surface area contributed by atoms with E-state index >= 15 is 0 Å². The Kier molecular flexibility index (Phi) is 4.45. The minimum atomic E-state index is -0.136. The molecule has 0 aliphatic carbocycles. The summed E-state index contributed by atoms with van der Waals surface area (Å²) in [5, 5.41) is 12.2. The highest BCUT2D eigenvalue weighted by Crippen LogP contribution is 2.39. The third-order valence-corrected chi connectivity index (χ3v) is 3.46. The molecule has 1 heterocycles. The molecule has 0 fully saturated rings. The highest BCUT2D eigenvalue weighted by atomic mass is 16.5. The van der Waals surface area contributed by atoms with Gasteiger partial charge in [-0.25, -0.2) is 0 Å². The number of aliphatic hydroxyl groups is 1. The van der Waals surface area contributed by atoms with Gasteiger partial charge >= 0.3 is 0 Å². The SMILES string of the molecule is CC1(C)Cc2cccc(C(CN)NCCCO)c2O1. The van der Waals surface area contributed by atoms with Crippen LogP contribution in [0.2, 0.25) is 0 Å². The third kappa shape index (κ3) is 3.26. The monoisotopic (exact) mass is 264 g/mol. The second kappa shape index (κ2) is 5.90. The van der Waals surface area contributed by atoms with Crippen molar-refractivity contribution in [1.82, 2.24) is 5.32 Å². The van der Waals surface area contributed by atoms with Crippen molar-refractivity contribution >= 4 is 0 Å². The van der Waals surface area contributed by atoms with E-state index in [9.17, 15) is 0 Å². The van der Waals surface area contributed by atoms with E-state index in [2.05, 4.69) is 37.4 Å². The zero-order valence-electron chi connectivity index (χ0n) is 11.8. The molecule has 0 spiro atoms. The predicted molar refractivity (Wildman–Crippen MR) is 76.4 cm³/mol. The van der Waals surface area contributed by atoms with E-state index in [4.69, 9.17) is 15.6 Å². The number of hydrogen-bond acceptors (Lipinski definition) is 4. The number of fused-ring (bicyclic) bond motifs is 1. The number of rotatable bonds is 6. The summed E-state index contributed by atoms with van der Waals surface area (Å²) in [4.78, 5) is 0. The van der Waals surface area contributed by atoms with Crippen LogP contribution in [0.15, 0.2) is 18.2 Å². The van der Waals surface area contributed by atoms with Crippen LogP contribution < -0.4 is 15.8 Å². The largest absolute Gasteiger partial charge is 0.487 e. The molecule has 2 rings (SSSR count). The molecule has 19 heavy (non-hydrogen) atoms. The summed E-state index contributed by atoms with van der Waals surface area (Å²) in [5.41, 5.74) is 8.11. The van der Waals surface area contributed by atoms with Crippen molar-refractivity contribution in [3.8, 4) is 5.75 Å². The number of nitrogens with two attached hydrogens (primary N) is 1. The van der Waals surface area contributed by atoms with Crippen molar-refractivity contribution in [2.24, 2.45) is 5.73 Å². The average Bonchev–Trinajstić information content (AvgIpc) is 2.69. The van der Waals surface area contributed by atoms with Crippen molar-refractivity contribution in [3.63, 3.8) is 0 Å². The van der Waals surface area contributed by atoms with Crippen LogP contribution in [0.5, 0.6) is 5.75 Å². The minimum absolute atomic E-state index is 0.0791. The van der Waals surface area contributed by atoms with Crippen LogP contribution >= 0.6 is 0 Å². The smallest absolute Gasteiger partial charge is 0.128 e. The summed E-state index contributed by atoms with van der Waals surface area (Å²) in [6.45, 7) is 5.68. The molecule has 0 bridgehead atoms. The van der Waals surface area contributed by atoms with Gasteiger partial charge in [0.25, 0.3) is 0 Å². The molecule has 4 heteroatoms. The Hall–Kier alpha value is -1.10. The molecule has 0 aromatic heterocycles. The van der Waals surface area contributed by atoms with Gasteiger partial charge in [-0.15, -0.1) is 0 Å². The molecular formula is C15H24N2O2. The molecule has 106 valence electrons. The molecule has 1 aliphatic rings. The molecule has 0 amide bonds. The number of nitrogens with one attached hydrogen (secondary N) is 1. The van der Waals surface area contributed by atoms with E-state index < -0.39 is 0 Å². The van der Waals surface area contributed by atoms with Gasteiger partial charge in [-0.1, -0.05) is 18.2 Å². The van der Waals surface area contributed by atoms with Gasteiger partial charge in [-0.3, -0.25) is 0 Å². The van der Waals surface area contributed by atoms with Gasteiger partial charge in [0, 0.05) is 31.2 Å². The standard InChI is InChI=1S/C15H24N2O2/c1-15(2)9-11-5-3-6-12(14(11)19-15)13(10-16)17-7-4-8-18/h3,5-6,13,17-18H,4,7-10,16H2,1-2H3. The Morgan fingerprint density at radius 1 is 1.47 bits per heavy atom. The van der Waals surface area contributed by atoms with Crippen molar-refractivity contribution in [3.05, 3.63) is 29.3 Å². The van der Waals surface area contributed by atoms with Crippen LogP contribution in [0.1, 0.15) is 37.4 Å². The number of benzene rings is 1. The van der Waals surface area contributed by atoms with E-state index in [0.29, 0.717) is 6.54 Å². The number of aliphatic hydroxyl groups excluding tert-OH is 1. The molecule has 1 unspecified atom stereocenters. The van der Waals surface area contributed by atoms with Gasteiger partial charge in [0.2, 0.25) is 0 Å². The van der Waals surface area contributed by atoms with Crippen molar-refractivity contribution < 1.29 is 9.84 Å². The molecular weight excluding hydrogens is 240 g/mol. The molecule has 1 aromatic carbocycles. The molecule has 4 N–H and O–H groups in total. The lowest BCUT2D eigenvalue weighted by Crippen LogP contribution is -2.30. The van der Waals surface area contributed by atoms with Crippen LogP contribution in [0, 0.1) is 0 Å². The summed E-state index contributed by atoms with van der Waals surface area (Å²) in [7, 11) is 0. The van der Waals surface area contributed by atoms with Crippen LogP contribution in [-0.2, 0) is 6.42 Å². The van der Waals surface area contributed by atoms with E-state index in [0.717, 1.165) is 30.7 Å². The highest BCUT2D eigenvalue weighted by Gasteiger charge is 2.32. The van der Waals surface area contributed by atoms with Crippen molar-refractivity contribution in [1.29, 1.82) is 0 Å². The highest BCUT2D eigenvalue weighted by molar-refractivity contribution is 5.47. The van der Waals surface area contributed by atoms with Crippen LogP contribution in [0.3, 0.4) is 0 Å². The van der Waals surface area contributed by atoms with Gasteiger partial charge in [-0.2, -0.15) is 0 Å². The van der Waals surface area contributed by atoms with Gasteiger partial charge < -0.3 is 20.9 Å². The Balaban J connectivity index is 2.18. The maximum atomic E-state index is 8.85. The fourth-order valence-corrected chi connectivity index (χ4v) is 2.59. The van der Waals surface area contributed by atoms with Crippen LogP contribution in [0.4, 0.5) is 0 Å². The summed E-state index contributed by atoms with van der Waals surface area (Å²) in [5.74, 6) is 0.986. The van der Waals surface area contributed by atoms with E-state index in [1.807, 2.05) is 0 Å². The zero-order chi connectivity index (χ0) is 13.9. The minimum Gasteiger partial charge on any atom is -0.487 e. The lowest BCUT2D eigenvalue weighted by atomic mass is 9.98. The zero-order valence-corrected chi connectivity index (χ0v) is 11.8. The topological polar surface area (TPSA) is 67.5 Å². The normalized spacial score (nSPS) is 17.9. The molecule has 0 saturated heterocycles. The first-order chi connectivity index (χ1) is 9.07. The second-order valence-corrected chi connectivity index (χ2v) is 5.69. The first-order valence-corrected chi connectivity index (χ1v) is 6.92. The number of hydrogen-bond donors (Lipinski definition) is 3. The predicted octanol–water partition coefficient (Wildman–Crippen LogP) is 1.37. The first-order valence-electron chi connectivity index (χ1n) is 6.92. The Bertz CT molecular complexity index is 432. The average molecular weight is 264 g/mol. The van der Waals surface area contributed by atoms with E-state index in [1.165, 1.54) is 5.56 Å². The summed E-state index contributed by atoms with van der Waals surface area (Å²) in [6.07, 6.45) is 1.67. The quantitative estimate of drug-likeness (QED) is 0.679. The molecule has 1 aromatic rings. The molecule has 0 radical (unpaired) electrons. The summed E-state index contributed by atoms with van der Waals surface area (Å²) < 4.78 is 6.07. The lowest BCUT2D eigenvalue weighted by molar-refractivity contribution is 0.136. The van der Waals surface area contributed by atoms with Crippen LogP contribution in [-0.4, -0.2) is 30.4 Å². The Morgan fingerprint density at radius 2 is 2.26 bits per heavy atom. The Morgan fingerprint density at radius 3 is 2.95 bits per heavy atom. The first kappa shape index (κ1) is 14.3. The molecule has 0 saturated carbocycles. The third-order valence-electron chi connectivity index (χ3n) is 3.46. The van der Waals surface area contributed by atoms with Gasteiger partial charge in [0.1, 0.15) is 11.4 Å². The van der Waals surface area contributed by atoms with Crippen LogP contribution in [0.25, 0.3) is 0 Å². The fraction of sp³-hybridized carbons (Fsp3) is 0.600. The summed E-state index contributed by atoms with van der Waals surface area (Å²) in [6, 6.07) is 6.34. The lowest BCUT2D eigenvalue weighted by Gasteiger charge is -2.22. The number of para-hydroxylation sites is 1. The maximum Gasteiger partial charge on any atom is 0.128 e. The van der Waals surface area contributed by atoms with Crippen molar-refractivity contribution in [2.45, 2.75) is 38.3 Å². The maximum absolute atomic E-state index is 8.85. The molecule has 1 atom stereocenters.